The number of rotatable bonds is 2. The zero-order chi connectivity index (χ0) is 13.1. The molecular formula is C12H14Cl2N2O2. The Kier molecular flexibility index (Phi) is 4.32. The molecule has 1 saturated heterocycles. The number of amides is 2. The summed E-state index contributed by atoms with van der Waals surface area (Å²) >= 11 is 11.7. The molecule has 0 spiro atoms. The number of carbonyl (C=O) groups is 1. The lowest BCUT2D eigenvalue weighted by Gasteiger charge is -2.23. The fourth-order valence-corrected chi connectivity index (χ4v) is 2.64. The molecule has 4 nitrogen and oxygen atoms in total. The van der Waals surface area contributed by atoms with E-state index in [4.69, 9.17) is 23.2 Å². The summed E-state index contributed by atoms with van der Waals surface area (Å²) in [5.41, 5.74) is 0.557. The topological polar surface area (TPSA) is 52.6 Å². The Labute approximate surface area is 115 Å². The summed E-state index contributed by atoms with van der Waals surface area (Å²) in [4.78, 5) is 13.7. The van der Waals surface area contributed by atoms with Crippen LogP contribution >= 0.6 is 23.2 Å². The normalized spacial score (nSPS) is 19.1. The van der Waals surface area contributed by atoms with Crippen LogP contribution in [-0.2, 0) is 0 Å². The molecule has 1 heterocycles. The van der Waals surface area contributed by atoms with E-state index >= 15 is 0 Å². The molecule has 1 fully saturated rings. The molecule has 0 radical (unpaired) electrons. The lowest BCUT2D eigenvalue weighted by Crippen LogP contribution is -2.40. The molecule has 0 bridgehead atoms. The van der Waals surface area contributed by atoms with Crippen molar-refractivity contribution in [2.75, 3.05) is 18.5 Å². The number of aliphatic hydroxyl groups excluding tert-OH is 1. The predicted octanol–water partition coefficient (Wildman–Crippen LogP) is 2.98. The van der Waals surface area contributed by atoms with E-state index < -0.39 is 0 Å². The number of urea groups is 1. The number of carbonyl (C=O) groups excluding carboxylic acids is 1. The van der Waals surface area contributed by atoms with Crippen molar-refractivity contribution >= 4 is 34.9 Å². The largest absolute Gasteiger partial charge is 0.394 e. The summed E-state index contributed by atoms with van der Waals surface area (Å²) in [5, 5.41) is 12.9. The van der Waals surface area contributed by atoms with Crippen LogP contribution in [0, 0.1) is 0 Å². The maximum Gasteiger partial charge on any atom is 0.322 e. The fourth-order valence-electron chi connectivity index (χ4n) is 2.11. The Morgan fingerprint density at radius 3 is 2.67 bits per heavy atom. The molecule has 1 aromatic rings. The SMILES string of the molecule is O=C(Nc1cc(Cl)cc(Cl)c1)N1CCC[C@@H]1CO. The van der Waals surface area contributed by atoms with Crippen molar-refractivity contribution in [3.8, 4) is 0 Å². The first kappa shape index (κ1) is 13.5. The Morgan fingerprint density at radius 2 is 2.06 bits per heavy atom. The molecule has 18 heavy (non-hydrogen) atoms. The number of nitrogens with one attached hydrogen (secondary N) is 1. The third kappa shape index (κ3) is 3.07. The van der Waals surface area contributed by atoms with Crippen molar-refractivity contribution < 1.29 is 9.90 Å². The molecule has 0 aromatic heterocycles. The first-order chi connectivity index (χ1) is 8.60. The molecule has 2 N–H and O–H groups in total. The highest BCUT2D eigenvalue weighted by atomic mass is 35.5. The molecule has 2 amide bonds. The summed E-state index contributed by atoms with van der Waals surface area (Å²) in [6.45, 7) is 0.648. The Hall–Kier alpha value is -0.970. The molecule has 1 aliphatic heterocycles. The second-order valence-corrected chi connectivity index (χ2v) is 5.13. The third-order valence-corrected chi connectivity index (χ3v) is 3.40. The van der Waals surface area contributed by atoms with Crippen molar-refractivity contribution in [2.45, 2.75) is 18.9 Å². The van der Waals surface area contributed by atoms with Gasteiger partial charge in [-0.2, -0.15) is 0 Å². The van der Waals surface area contributed by atoms with Gasteiger partial charge in [0.05, 0.1) is 12.6 Å². The maximum absolute atomic E-state index is 12.0. The monoisotopic (exact) mass is 288 g/mol. The number of halogens is 2. The van der Waals surface area contributed by atoms with Gasteiger partial charge in [0.15, 0.2) is 0 Å². The molecule has 0 aliphatic carbocycles. The van der Waals surface area contributed by atoms with Crippen LogP contribution in [0.25, 0.3) is 0 Å². The number of benzene rings is 1. The highest BCUT2D eigenvalue weighted by molar-refractivity contribution is 6.35. The number of anilines is 1. The molecule has 1 aromatic carbocycles. The summed E-state index contributed by atoms with van der Waals surface area (Å²) in [5.74, 6) is 0. The van der Waals surface area contributed by atoms with Gasteiger partial charge in [-0.25, -0.2) is 4.79 Å². The minimum atomic E-state index is -0.232. The van der Waals surface area contributed by atoms with Crippen molar-refractivity contribution in [3.05, 3.63) is 28.2 Å². The molecule has 6 heteroatoms. The minimum absolute atomic E-state index is 0.0102. The summed E-state index contributed by atoms with van der Waals surface area (Å²) < 4.78 is 0. The smallest absolute Gasteiger partial charge is 0.322 e. The quantitative estimate of drug-likeness (QED) is 0.879. The van der Waals surface area contributed by atoms with Crippen molar-refractivity contribution in [2.24, 2.45) is 0 Å². The Bertz CT molecular complexity index is 433. The highest BCUT2D eigenvalue weighted by Gasteiger charge is 2.28. The first-order valence-corrected chi connectivity index (χ1v) is 6.50. The fraction of sp³-hybridized carbons (Fsp3) is 0.417. The van der Waals surface area contributed by atoms with Gasteiger partial charge < -0.3 is 15.3 Å². The van der Waals surface area contributed by atoms with Crippen LogP contribution in [0.3, 0.4) is 0 Å². The van der Waals surface area contributed by atoms with Gasteiger partial charge in [0.25, 0.3) is 0 Å². The second kappa shape index (κ2) is 5.78. The average molecular weight is 289 g/mol. The van der Waals surface area contributed by atoms with Gasteiger partial charge in [0.1, 0.15) is 0 Å². The molecule has 98 valence electrons. The number of likely N-dealkylation sites (tertiary alicyclic amines) is 1. The number of hydrogen-bond donors (Lipinski definition) is 2. The molecule has 0 unspecified atom stereocenters. The van der Waals surface area contributed by atoms with Crippen LogP contribution in [0.15, 0.2) is 18.2 Å². The average Bonchev–Trinajstić information content (AvgIpc) is 2.75. The van der Waals surface area contributed by atoms with E-state index in [1.165, 1.54) is 0 Å². The van der Waals surface area contributed by atoms with E-state index in [9.17, 15) is 9.90 Å². The molecule has 1 atom stereocenters. The van der Waals surface area contributed by atoms with Crippen LogP contribution < -0.4 is 5.32 Å². The van der Waals surface area contributed by atoms with Crippen molar-refractivity contribution in [3.63, 3.8) is 0 Å². The summed E-state index contributed by atoms with van der Waals surface area (Å²) in [7, 11) is 0. The van der Waals surface area contributed by atoms with Crippen molar-refractivity contribution in [1.82, 2.24) is 4.90 Å². The number of aliphatic hydroxyl groups is 1. The van der Waals surface area contributed by atoms with Gasteiger partial charge in [0.2, 0.25) is 0 Å². The van der Waals surface area contributed by atoms with Gasteiger partial charge in [-0.05, 0) is 31.0 Å². The van der Waals surface area contributed by atoms with E-state index in [1.54, 1.807) is 23.1 Å². The molecular weight excluding hydrogens is 275 g/mol. The summed E-state index contributed by atoms with van der Waals surface area (Å²) in [6, 6.07) is 4.54. The number of hydrogen-bond acceptors (Lipinski definition) is 2. The molecule has 1 aliphatic rings. The standard InChI is InChI=1S/C12H14Cl2N2O2/c13-8-4-9(14)6-10(5-8)15-12(18)16-3-1-2-11(16)7-17/h4-6,11,17H,1-3,7H2,(H,15,18)/t11-/m1/s1. The van der Waals surface area contributed by atoms with E-state index in [2.05, 4.69) is 5.32 Å². The maximum atomic E-state index is 12.0. The number of nitrogens with zero attached hydrogens (tertiary/aromatic N) is 1. The van der Waals surface area contributed by atoms with Gasteiger partial charge in [-0.3, -0.25) is 0 Å². The van der Waals surface area contributed by atoms with Crippen LogP contribution in [-0.4, -0.2) is 35.2 Å². The van der Waals surface area contributed by atoms with E-state index in [1.807, 2.05) is 0 Å². The summed E-state index contributed by atoms with van der Waals surface area (Å²) in [6.07, 6.45) is 1.75. The van der Waals surface area contributed by atoms with Gasteiger partial charge in [-0.1, -0.05) is 23.2 Å². The lowest BCUT2D eigenvalue weighted by molar-refractivity contribution is 0.166. The van der Waals surface area contributed by atoms with Crippen LogP contribution in [0.4, 0.5) is 10.5 Å². The van der Waals surface area contributed by atoms with Gasteiger partial charge in [0, 0.05) is 22.3 Å². The Morgan fingerprint density at radius 1 is 1.39 bits per heavy atom. The van der Waals surface area contributed by atoms with Gasteiger partial charge >= 0.3 is 6.03 Å². The highest BCUT2D eigenvalue weighted by Crippen LogP contribution is 2.24. The molecule has 0 saturated carbocycles. The minimum Gasteiger partial charge on any atom is -0.394 e. The van der Waals surface area contributed by atoms with E-state index in [0.717, 1.165) is 12.8 Å². The molecule has 2 rings (SSSR count). The zero-order valence-electron chi connectivity index (χ0n) is 9.70. The first-order valence-electron chi connectivity index (χ1n) is 5.74. The van der Waals surface area contributed by atoms with E-state index in [0.29, 0.717) is 22.3 Å². The van der Waals surface area contributed by atoms with E-state index in [-0.39, 0.29) is 18.7 Å². The van der Waals surface area contributed by atoms with Gasteiger partial charge in [-0.15, -0.1) is 0 Å². The lowest BCUT2D eigenvalue weighted by atomic mass is 10.2. The Balaban J connectivity index is 2.06. The second-order valence-electron chi connectivity index (χ2n) is 4.26. The third-order valence-electron chi connectivity index (χ3n) is 2.96. The predicted molar refractivity (Wildman–Crippen MR) is 72.3 cm³/mol. The van der Waals surface area contributed by atoms with Crippen LogP contribution in [0.5, 0.6) is 0 Å². The van der Waals surface area contributed by atoms with Crippen LogP contribution in [0.1, 0.15) is 12.8 Å². The zero-order valence-corrected chi connectivity index (χ0v) is 11.2. The van der Waals surface area contributed by atoms with Crippen LogP contribution in [0.2, 0.25) is 10.0 Å². The van der Waals surface area contributed by atoms with Crippen molar-refractivity contribution in [1.29, 1.82) is 0 Å².